The molecule has 1 heterocycles. The van der Waals surface area contributed by atoms with Gasteiger partial charge in [-0.2, -0.15) is 0 Å². The molecule has 2 aromatic rings. The quantitative estimate of drug-likeness (QED) is 0.889. The Morgan fingerprint density at radius 2 is 1.87 bits per heavy atom. The van der Waals surface area contributed by atoms with Gasteiger partial charge in [-0.15, -0.1) is 0 Å². The second kappa shape index (κ2) is 5.97. The van der Waals surface area contributed by atoms with E-state index in [-0.39, 0.29) is 11.4 Å². The summed E-state index contributed by atoms with van der Waals surface area (Å²) in [5.74, 6) is 0.549. The summed E-state index contributed by atoms with van der Waals surface area (Å²) in [4.78, 5) is 17.2. The van der Waals surface area contributed by atoms with Crippen molar-refractivity contribution in [2.24, 2.45) is 5.92 Å². The first-order valence-corrected chi connectivity index (χ1v) is 8.30. The smallest absolute Gasteiger partial charge is 0.251 e. The van der Waals surface area contributed by atoms with Crippen molar-refractivity contribution in [2.45, 2.75) is 39.2 Å². The number of aromatic nitrogens is 1. The van der Waals surface area contributed by atoms with E-state index in [1.165, 1.54) is 12.8 Å². The third-order valence-electron chi connectivity index (χ3n) is 4.39. The number of benzene rings is 1. The number of aryl methyl sites for hydroxylation is 1. The number of hydrogen-bond donors (Lipinski definition) is 1. The van der Waals surface area contributed by atoms with E-state index in [1.807, 2.05) is 43.3 Å². The Kier molecular flexibility index (Phi) is 4.15. The summed E-state index contributed by atoms with van der Waals surface area (Å²) in [6.07, 6.45) is 2.39. The highest BCUT2D eigenvalue weighted by Crippen LogP contribution is 2.39. The van der Waals surface area contributed by atoms with Gasteiger partial charge in [-0.1, -0.05) is 23.7 Å². The predicted molar refractivity (Wildman–Crippen MR) is 93.7 cm³/mol. The van der Waals surface area contributed by atoms with Crippen LogP contribution in [-0.4, -0.2) is 16.4 Å². The third-order valence-corrected chi connectivity index (χ3v) is 4.64. The summed E-state index contributed by atoms with van der Waals surface area (Å²) >= 11 is 5.94. The Labute approximate surface area is 142 Å². The Bertz CT molecular complexity index is 734. The maximum atomic E-state index is 12.6. The molecule has 1 fully saturated rings. The van der Waals surface area contributed by atoms with Crippen LogP contribution < -0.4 is 5.32 Å². The molecule has 0 saturated heterocycles. The van der Waals surface area contributed by atoms with Crippen LogP contribution in [0.4, 0.5) is 0 Å². The molecule has 3 nitrogen and oxygen atoms in total. The number of nitrogens with one attached hydrogen (secondary N) is 1. The van der Waals surface area contributed by atoms with Gasteiger partial charge in [0.1, 0.15) is 0 Å². The fourth-order valence-electron chi connectivity index (χ4n) is 2.84. The van der Waals surface area contributed by atoms with Gasteiger partial charge in [0.15, 0.2) is 0 Å². The molecular formula is C19H21ClN2O. The summed E-state index contributed by atoms with van der Waals surface area (Å²) in [7, 11) is 0. The molecule has 1 N–H and O–H groups in total. The lowest BCUT2D eigenvalue weighted by Gasteiger charge is -2.26. The lowest BCUT2D eigenvalue weighted by Crippen LogP contribution is -2.45. The molecule has 0 atom stereocenters. The van der Waals surface area contributed by atoms with Gasteiger partial charge in [0.25, 0.3) is 5.91 Å². The first kappa shape index (κ1) is 16.0. The van der Waals surface area contributed by atoms with Gasteiger partial charge in [0, 0.05) is 27.4 Å². The van der Waals surface area contributed by atoms with Crippen molar-refractivity contribution in [3.63, 3.8) is 0 Å². The van der Waals surface area contributed by atoms with Crippen molar-refractivity contribution in [1.82, 2.24) is 10.3 Å². The summed E-state index contributed by atoms with van der Waals surface area (Å²) in [6.45, 7) is 6.09. The topological polar surface area (TPSA) is 42.0 Å². The molecule has 4 heteroatoms. The number of carbonyl (C=O) groups is 1. The van der Waals surface area contributed by atoms with E-state index in [4.69, 9.17) is 11.6 Å². The van der Waals surface area contributed by atoms with Gasteiger partial charge in [-0.3, -0.25) is 9.78 Å². The average molecular weight is 329 g/mol. The molecule has 1 amide bonds. The average Bonchev–Trinajstić information content (AvgIpc) is 3.32. The van der Waals surface area contributed by atoms with E-state index in [9.17, 15) is 4.79 Å². The molecular weight excluding hydrogens is 308 g/mol. The number of hydrogen-bond acceptors (Lipinski definition) is 2. The van der Waals surface area contributed by atoms with Crippen molar-refractivity contribution in [3.05, 3.63) is 52.7 Å². The number of nitrogens with zero attached hydrogens (tertiary/aromatic N) is 1. The molecule has 0 unspecified atom stereocenters. The van der Waals surface area contributed by atoms with E-state index >= 15 is 0 Å². The fraction of sp³-hybridized carbons (Fsp3) is 0.368. The van der Waals surface area contributed by atoms with Gasteiger partial charge in [-0.05, 0) is 63.8 Å². The van der Waals surface area contributed by atoms with E-state index in [1.54, 1.807) is 0 Å². The molecule has 0 bridgehead atoms. The fourth-order valence-corrected chi connectivity index (χ4v) is 2.97. The minimum Gasteiger partial charge on any atom is -0.347 e. The normalized spacial score (nSPS) is 14.6. The van der Waals surface area contributed by atoms with E-state index in [0.29, 0.717) is 16.5 Å². The van der Waals surface area contributed by atoms with E-state index < -0.39 is 0 Å². The molecule has 1 aliphatic rings. The maximum absolute atomic E-state index is 12.6. The highest BCUT2D eigenvalue weighted by Gasteiger charge is 2.38. The summed E-state index contributed by atoms with van der Waals surface area (Å²) in [6, 6.07) is 11.2. The van der Waals surface area contributed by atoms with E-state index in [2.05, 4.69) is 24.1 Å². The minimum absolute atomic E-state index is 0.0392. The van der Waals surface area contributed by atoms with Gasteiger partial charge in [0.05, 0.1) is 5.69 Å². The highest BCUT2D eigenvalue weighted by molar-refractivity contribution is 6.30. The highest BCUT2D eigenvalue weighted by atomic mass is 35.5. The van der Waals surface area contributed by atoms with Crippen LogP contribution in [0.2, 0.25) is 5.02 Å². The van der Waals surface area contributed by atoms with Crippen molar-refractivity contribution in [1.29, 1.82) is 0 Å². The van der Waals surface area contributed by atoms with Crippen LogP contribution in [-0.2, 0) is 0 Å². The van der Waals surface area contributed by atoms with Crippen LogP contribution in [0.3, 0.4) is 0 Å². The summed E-state index contributed by atoms with van der Waals surface area (Å²) < 4.78 is 0. The van der Waals surface area contributed by atoms with Crippen LogP contribution in [0.5, 0.6) is 0 Å². The lowest BCUT2D eigenvalue weighted by atomic mass is 9.98. The van der Waals surface area contributed by atoms with Crippen LogP contribution >= 0.6 is 11.6 Å². The second-order valence-electron chi connectivity index (χ2n) is 6.84. The Morgan fingerprint density at radius 3 is 2.48 bits per heavy atom. The number of carbonyl (C=O) groups excluding carboxylic acids is 1. The second-order valence-corrected chi connectivity index (χ2v) is 7.28. The largest absolute Gasteiger partial charge is 0.347 e. The molecule has 0 radical (unpaired) electrons. The number of halogens is 1. The zero-order chi connectivity index (χ0) is 16.6. The molecule has 1 aliphatic carbocycles. The lowest BCUT2D eigenvalue weighted by molar-refractivity contribution is 0.0903. The first-order chi connectivity index (χ1) is 10.8. The van der Waals surface area contributed by atoms with Crippen LogP contribution in [0.15, 0.2) is 36.4 Å². The number of amides is 1. The van der Waals surface area contributed by atoms with Crippen LogP contribution in [0.1, 0.15) is 42.7 Å². The Balaban J connectivity index is 1.88. The minimum atomic E-state index is -0.158. The maximum Gasteiger partial charge on any atom is 0.251 e. The standard InChI is InChI=1S/C19H21ClN2O/c1-12-10-14(18(23)22-19(2,3)15-6-7-15)11-17(21-12)13-4-8-16(20)9-5-13/h4-5,8-11,15H,6-7H2,1-3H3,(H,22,23). The van der Waals surface area contributed by atoms with Crippen LogP contribution in [0.25, 0.3) is 11.3 Å². The molecule has 1 aromatic heterocycles. The van der Waals surface area contributed by atoms with Gasteiger partial charge < -0.3 is 5.32 Å². The van der Waals surface area contributed by atoms with E-state index in [0.717, 1.165) is 17.0 Å². The number of rotatable bonds is 4. The zero-order valence-electron chi connectivity index (χ0n) is 13.7. The van der Waals surface area contributed by atoms with Gasteiger partial charge in [0.2, 0.25) is 0 Å². The Hall–Kier alpha value is -1.87. The molecule has 1 aromatic carbocycles. The van der Waals surface area contributed by atoms with Gasteiger partial charge in [-0.25, -0.2) is 0 Å². The molecule has 120 valence electrons. The van der Waals surface area contributed by atoms with Crippen molar-refractivity contribution in [2.75, 3.05) is 0 Å². The van der Waals surface area contributed by atoms with Crippen molar-refractivity contribution in [3.8, 4) is 11.3 Å². The summed E-state index contributed by atoms with van der Waals surface area (Å²) in [5, 5.41) is 3.85. The van der Waals surface area contributed by atoms with Gasteiger partial charge >= 0.3 is 0 Å². The zero-order valence-corrected chi connectivity index (χ0v) is 14.4. The number of pyridine rings is 1. The SMILES string of the molecule is Cc1cc(C(=O)NC(C)(C)C2CC2)cc(-c2ccc(Cl)cc2)n1. The molecule has 1 saturated carbocycles. The molecule has 0 aliphatic heterocycles. The van der Waals surface area contributed by atoms with Crippen LogP contribution in [0, 0.1) is 12.8 Å². The van der Waals surface area contributed by atoms with Crippen molar-refractivity contribution < 1.29 is 4.79 Å². The monoisotopic (exact) mass is 328 g/mol. The Morgan fingerprint density at radius 1 is 1.22 bits per heavy atom. The molecule has 23 heavy (non-hydrogen) atoms. The first-order valence-electron chi connectivity index (χ1n) is 7.92. The molecule has 3 rings (SSSR count). The predicted octanol–water partition coefficient (Wildman–Crippen LogP) is 4.63. The van der Waals surface area contributed by atoms with Crippen molar-refractivity contribution >= 4 is 17.5 Å². The summed E-state index contributed by atoms with van der Waals surface area (Å²) in [5.41, 5.74) is 3.06. The molecule has 0 spiro atoms. The third kappa shape index (κ3) is 3.73.